The second-order valence-electron chi connectivity index (χ2n) is 8.94. The highest BCUT2D eigenvalue weighted by atomic mass is 16.2. The summed E-state index contributed by atoms with van der Waals surface area (Å²) in [7, 11) is 0. The fraction of sp³-hybridized carbons (Fsp3) is 0.625. The number of piperidine rings is 1. The fourth-order valence-electron chi connectivity index (χ4n) is 5.13. The van der Waals surface area contributed by atoms with Crippen LogP contribution in [0, 0.1) is 0 Å². The van der Waals surface area contributed by atoms with Crippen LogP contribution in [-0.4, -0.2) is 93.9 Å². The molecule has 174 valence electrons. The lowest BCUT2D eigenvalue weighted by molar-refractivity contribution is -0.130. The summed E-state index contributed by atoms with van der Waals surface area (Å²) in [5.41, 5.74) is 3.45. The molecule has 8 heteroatoms. The first-order valence-electron chi connectivity index (χ1n) is 12.0. The van der Waals surface area contributed by atoms with Gasteiger partial charge in [0.2, 0.25) is 5.91 Å². The van der Waals surface area contributed by atoms with E-state index >= 15 is 0 Å². The zero-order chi connectivity index (χ0) is 22.7. The summed E-state index contributed by atoms with van der Waals surface area (Å²) < 4.78 is 0. The summed E-state index contributed by atoms with van der Waals surface area (Å²) in [6.07, 6.45) is 3.93. The maximum atomic E-state index is 12.7. The average molecular weight is 441 g/mol. The van der Waals surface area contributed by atoms with Crippen molar-refractivity contribution in [2.45, 2.75) is 46.1 Å². The first kappa shape index (κ1) is 22.6. The summed E-state index contributed by atoms with van der Waals surface area (Å²) in [5, 5.41) is 1.17. The van der Waals surface area contributed by atoms with E-state index in [-0.39, 0.29) is 11.9 Å². The van der Waals surface area contributed by atoms with Gasteiger partial charge in [0.15, 0.2) is 0 Å². The summed E-state index contributed by atoms with van der Waals surface area (Å²) in [6, 6.07) is 4.29. The van der Waals surface area contributed by atoms with Crippen LogP contribution in [0.4, 0.5) is 4.79 Å². The Kier molecular flexibility index (Phi) is 6.98. The number of piperazine rings is 1. The molecule has 2 saturated heterocycles. The number of hydrogen-bond acceptors (Lipinski definition) is 4. The minimum atomic E-state index is 0.151. The van der Waals surface area contributed by atoms with Crippen LogP contribution in [0.3, 0.4) is 0 Å². The van der Waals surface area contributed by atoms with Gasteiger partial charge in [-0.15, -0.1) is 0 Å². The van der Waals surface area contributed by atoms with Gasteiger partial charge in [0.1, 0.15) is 5.65 Å². The van der Waals surface area contributed by atoms with E-state index in [4.69, 9.17) is 0 Å². The molecule has 1 unspecified atom stereocenters. The third kappa shape index (κ3) is 4.60. The monoisotopic (exact) mass is 440 g/mol. The van der Waals surface area contributed by atoms with Crippen molar-refractivity contribution < 1.29 is 9.59 Å². The number of nitrogens with one attached hydrogen (secondary N) is 1. The van der Waals surface area contributed by atoms with Crippen molar-refractivity contribution in [2.75, 3.05) is 52.4 Å². The fourth-order valence-corrected chi connectivity index (χ4v) is 5.13. The molecule has 2 aromatic rings. The van der Waals surface area contributed by atoms with Gasteiger partial charge in [0, 0.05) is 89.0 Å². The first-order valence-corrected chi connectivity index (χ1v) is 12.0. The number of aromatic amines is 1. The van der Waals surface area contributed by atoms with Crippen LogP contribution in [-0.2, 0) is 11.3 Å². The summed E-state index contributed by atoms with van der Waals surface area (Å²) in [5.74, 6) is 0.460. The largest absolute Gasteiger partial charge is 0.343 e. The van der Waals surface area contributed by atoms with Gasteiger partial charge in [-0.3, -0.25) is 9.69 Å². The SMILES string of the molecule is CCN(CC)C(=O)N1CCN(Cc2c(C3CCCN(C(C)=O)C3)[nH]c3ncccc23)CC1. The van der Waals surface area contributed by atoms with Crippen LogP contribution in [0.25, 0.3) is 11.0 Å². The molecule has 0 radical (unpaired) electrons. The molecule has 0 aromatic carbocycles. The van der Waals surface area contributed by atoms with Crippen LogP contribution >= 0.6 is 0 Å². The van der Waals surface area contributed by atoms with Gasteiger partial charge in [0.25, 0.3) is 0 Å². The molecule has 0 bridgehead atoms. The minimum absolute atomic E-state index is 0.151. The molecule has 3 amide bonds. The maximum Gasteiger partial charge on any atom is 0.320 e. The van der Waals surface area contributed by atoms with Crippen LogP contribution in [0.5, 0.6) is 0 Å². The summed E-state index contributed by atoms with van der Waals surface area (Å²) >= 11 is 0. The van der Waals surface area contributed by atoms with Crippen molar-refractivity contribution in [3.05, 3.63) is 29.6 Å². The van der Waals surface area contributed by atoms with E-state index in [2.05, 4.69) is 20.9 Å². The molecule has 0 aliphatic carbocycles. The van der Waals surface area contributed by atoms with Crippen LogP contribution < -0.4 is 0 Å². The number of carbonyl (C=O) groups is 2. The highest BCUT2D eigenvalue weighted by molar-refractivity contribution is 5.81. The molecule has 2 aliphatic heterocycles. The van der Waals surface area contributed by atoms with Crippen molar-refractivity contribution in [1.29, 1.82) is 0 Å². The Morgan fingerprint density at radius 3 is 2.56 bits per heavy atom. The van der Waals surface area contributed by atoms with E-state index in [9.17, 15) is 9.59 Å². The summed E-state index contributed by atoms with van der Waals surface area (Å²) in [4.78, 5) is 41.1. The number of nitrogens with zero attached hydrogens (tertiary/aromatic N) is 5. The standard InChI is InChI=1S/C24H36N6O2/c1-4-28(5-2)24(32)29-14-12-27(13-15-29)17-21-20-9-6-10-25-23(20)26-22(21)19-8-7-11-30(16-19)18(3)31/h6,9-10,19H,4-5,7-8,11-17H2,1-3H3,(H,25,26). The number of rotatable bonds is 5. The molecule has 8 nitrogen and oxygen atoms in total. The van der Waals surface area contributed by atoms with Gasteiger partial charge in [-0.2, -0.15) is 0 Å². The van der Waals surface area contributed by atoms with Gasteiger partial charge in [0.05, 0.1) is 0 Å². The molecule has 0 spiro atoms. The van der Waals surface area contributed by atoms with Crippen LogP contribution in [0.2, 0.25) is 0 Å². The Labute approximate surface area is 190 Å². The van der Waals surface area contributed by atoms with Gasteiger partial charge in [-0.1, -0.05) is 0 Å². The molecule has 2 aromatic heterocycles. The van der Waals surface area contributed by atoms with E-state index < -0.39 is 0 Å². The van der Waals surface area contributed by atoms with E-state index in [0.29, 0.717) is 5.92 Å². The highest BCUT2D eigenvalue weighted by Crippen LogP contribution is 2.33. The molecule has 32 heavy (non-hydrogen) atoms. The Balaban J connectivity index is 1.50. The molecular weight excluding hydrogens is 404 g/mol. The molecular formula is C24H36N6O2. The topological polar surface area (TPSA) is 75.8 Å². The minimum Gasteiger partial charge on any atom is -0.343 e. The predicted octanol–water partition coefficient (Wildman–Crippen LogP) is 2.87. The normalized spacial score (nSPS) is 20.0. The number of carbonyl (C=O) groups excluding carboxylic acids is 2. The van der Waals surface area contributed by atoms with Crippen molar-refractivity contribution in [3.8, 4) is 0 Å². The number of likely N-dealkylation sites (tertiary alicyclic amines) is 1. The average Bonchev–Trinajstić information content (AvgIpc) is 3.19. The van der Waals surface area contributed by atoms with Gasteiger partial charge >= 0.3 is 6.03 Å². The molecule has 4 heterocycles. The number of pyridine rings is 1. The molecule has 2 fully saturated rings. The van der Waals surface area contributed by atoms with Gasteiger partial charge in [-0.25, -0.2) is 9.78 Å². The summed E-state index contributed by atoms with van der Waals surface area (Å²) in [6.45, 7) is 12.9. The molecule has 2 aliphatic rings. The Bertz CT molecular complexity index is 945. The Morgan fingerprint density at radius 1 is 1.12 bits per heavy atom. The zero-order valence-electron chi connectivity index (χ0n) is 19.6. The zero-order valence-corrected chi connectivity index (χ0v) is 19.6. The third-order valence-corrected chi connectivity index (χ3v) is 7.04. The number of amides is 3. The van der Waals surface area contributed by atoms with E-state index in [1.165, 1.54) is 16.6 Å². The van der Waals surface area contributed by atoms with Crippen molar-refractivity contribution in [3.63, 3.8) is 0 Å². The number of urea groups is 1. The second kappa shape index (κ2) is 9.90. The lowest BCUT2D eigenvalue weighted by Gasteiger charge is -2.37. The Morgan fingerprint density at radius 2 is 1.88 bits per heavy atom. The van der Waals surface area contributed by atoms with Gasteiger partial charge in [-0.05, 0) is 44.4 Å². The van der Waals surface area contributed by atoms with Crippen molar-refractivity contribution >= 4 is 23.0 Å². The van der Waals surface area contributed by atoms with Crippen molar-refractivity contribution in [1.82, 2.24) is 29.6 Å². The molecule has 1 N–H and O–H groups in total. The van der Waals surface area contributed by atoms with Gasteiger partial charge < -0.3 is 19.7 Å². The maximum absolute atomic E-state index is 12.7. The Hall–Kier alpha value is -2.61. The van der Waals surface area contributed by atoms with E-state index in [0.717, 1.165) is 77.4 Å². The lowest BCUT2D eigenvalue weighted by atomic mass is 9.91. The lowest BCUT2D eigenvalue weighted by Crippen LogP contribution is -2.52. The smallest absolute Gasteiger partial charge is 0.320 e. The quantitative estimate of drug-likeness (QED) is 0.776. The van der Waals surface area contributed by atoms with E-state index in [1.54, 1.807) is 6.92 Å². The molecule has 0 saturated carbocycles. The van der Waals surface area contributed by atoms with Crippen molar-refractivity contribution in [2.24, 2.45) is 0 Å². The number of hydrogen-bond donors (Lipinski definition) is 1. The molecule has 4 rings (SSSR count). The number of aromatic nitrogens is 2. The second-order valence-corrected chi connectivity index (χ2v) is 8.94. The highest BCUT2D eigenvalue weighted by Gasteiger charge is 2.29. The van der Waals surface area contributed by atoms with Crippen LogP contribution in [0.15, 0.2) is 18.3 Å². The van der Waals surface area contributed by atoms with Crippen LogP contribution in [0.1, 0.15) is 50.8 Å². The number of H-pyrrole nitrogens is 1. The third-order valence-electron chi connectivity index (χ3n) is 7.04. The molecule has 1 atom stereocenters. The van der Waals surface area contributed by atoms with E-state index in [1.807, 2.05) is 40.8 Å². The first-order chi connectivity index (χ1) is 15.5. The number of fused-ring (bicyclic) bond motifs is 1. The predicted molar refractivity (Wildman–Crippen MR) is 125 cm³/mol.